The number of nitrogens with zero attached hydrogens (tertiary/aromatic N) is 1. The molecule has 3 aromatic rings. The Morgan fingerprint density at radius 1 is 0.968 bits per heavy atom. The van der Waals surface area contributed by atoms with Crippen LogP contribution >= 0.6 is 11.6 Å². The van der Waals surface area contributed by atoms with E-state index in [1.807, 2.05) is 24.3 Å². The highest BCUT2D eigenvalue weighted by Crippen LogP contribution is 2.29. The zero-order valence-electron chi connectivity index (χ0n) is 16.8. The van der Waals surface area contributed by atoms with Gasteiger partial charge >= 0.3 is 0 Å². The van der Waals surface area contributed by atoms with Gasteiger partial charge in [0.25, 0.3) is 11.8 Å². The maximum Gasteiger partial charge on any atom is 0.270 e. The average molecular weight is 436 g/mol. The lowest BCUT2D eigenvalue weighted by molar-refractivity contribution is -0.127. The Balaban J connectivity index is 1.63. The van der Waals surface area contributed by atoms with Crippen molar-refractivity contribution in [3.05, 3.63) is 88.8 Å². The van der Waals surface area contributed by atoms with Gasteiger partial charge in [0.05, 0.1) is 5.02 Å². The lowest BCUT2D eigenvalue weighted by atomic mass is 10.2. The molecule has 2 heterocycles. The van der Waals surface area contributed by atoms with Crippen molar-refractivity contribution in [2.45, 2.75) is 0 Å². The normalized spacial score (nSPS) is 14.4. The van der Waals surface area contributed by atoms with E-state index >= 15 is 0 Å². The van der Waals surface area contributed by atoms with Crippen molar-refractivity contribution >= 4 is 29.5 Å². The third kappa shape index (κ3) is 5.05. The Morgan fingerprint density at radius 2 is 1.68 bits per heavy atom. The van der Waals surface area contributed by atoms with Gasteiger partial charge in [0.2, 0.25) is 0 Å². The quantitative estimate of drug-likeness (QED) is 0.598. The number of rotatable bonds is 5. The van der Waals surface area contributed by atoms with E-state index in [9.17, 15) is 9.59 Å². The number of piperazine rings is 1. The van der Waals surface area contributed by atoms with E-state index in [4.69, 9.17) is 16.0 Å². The van der Waals surface area contributed by atoms with Crippen molar-refractivity contribution in [2.75, 3.05) is 26.2 Å². The van der Waals surface area contributed by atoms with Gasteiger partial charge in [-0.1, -0.05) is 41.9 Å². The molecule has 1 fully saturated rings. The van der Waals surface area contributed by atoms with Crippen molar-refractivity contribution in [1.82, 2.24) is 15.5 Å². The molecule has 158 valence electrons. The summed E-state index contributed by atoms with van der Waals surface area (Å²) in [6.07, 6.45) is 1.56. The fourth-order valence-electron chi connectivity index (χ4n) is 3.35. The van der Waals surface area contributed by atoms with Crippen molar-refractivity contribution in [2.24, 2.45) is 0 Å². The lowest BCUT2D eigenvalue weighted by Crippen LogP contribution is -2.48. The van der Waals surface area contributed by atoms with E-state index in [2.05, 4.69) is 10.6 Å². The summed E-state index contributed by atoms with van der Waals surface area (Å²) >= 11 is 6.26. The number of hydrogen-bond donors (Lipinski definition) is 2. The first-order chi connectivity index (χ1) is 15.1. The van der Waals surface area contributed by atoms with Crippen LogP contribution in [-0.2, 0) is 4.79 Å². The summed E-state index contributed by atoms with van der Waals surface area (Å²) in [5.74, 6) is 0.427. The third-order valence-corrected chi connectivity index (χ3v) is 5.30. The van der Waals surface area contributed by atoms with Gasteiger partial charge in [0.1, 0.15) is 17.2 Å². The maximum atomic E-state index is 13.2. The molecule has 1 aliphatic rings. The van der Waals surface area contributed by atoms with Gasteiger partial charge < -0.3 is 20.0 Å². The molecule has 1 aliphatic heterocycles. The number of carbonyl (C=O) groups excluding carboxylic acids is 2. The number of furan rings is 1. The molecule has 0 atom stereocenters. The number of benzene rings is 2. The van der Waals surface area contributed by atoms with Gasteiger partial charge in [-0.15, -0.1) is 0 Å². The van der Waals surface area contributed by atoms with Crippen LogP contribution in [0.1, 0.15) is 16.1 Å². The molecule has 0 radical (unpaired) electrons. The molecule has 2 amide bonds. The van der Waals surface area contributed by atoms with Crippen LogP contribution in [0.25, 0.3) is 17.4 Å². The lowest BCUT2D eigenvalue weighted by Gasteiger charge is -2.28. The first-order valence-electron chi connectivity index (χ1n) is 10.0. The summed E-state index contributed by atoms with van der Waals surface area (Å²) < 4.78 is 5.91. The van der Waals surface area contributed by atoms with Crippen LogP contribution in [0.2, 0.25) is 5.02 Å². The third-order valence-electron chi connectivity index (χ3n) is 4.97. The Bertz CT molecular complexity index is 1100. The van der Waals surface area contributed by atoms with Crippen LogP contribution in [-0.4, -0.2) is 42.9 Å². The van der Waals surface area contributed by atoms with Gasteiger partial charge in [0, 0.05) is 43.4 Å². The van der Waals surface area contributed by atoms with Gasteiger partial charge in [-0.25, -0.2) is 0 Å². The highest BCUT2D eigenvalue weighted by Gasteiger charge is 2.23. The molecular weight excluding hydrogens is 414 g/mol. The van der Waals surface area contributed by atoms with Crippen LogP contribution in [0, 0.1) is 0 Å². The van der Waals surface area contributed by atoms with Crippen LogP contribution < -0.4 is 10.6 Å². The van der Waals surface area contributed by atoms with Gasteiger partial charge in [-0.2, -0.15) is 0 Å². The minimum absolute atomic E-state index is 0.163. The second-order valence-corrected chi connectivity index (χ2v) is 7.51. The fourth-order valence-corrected chi connectivity index (χ4v) is 3.58. The minimum atomic E-state index is -0.354. The van der Waals surface area contributed by atoms with Gasteiger partial charge in [-0.3, -0.25) is 9.59 Å². The first-order valence-corrected chi connectivity index (χ1v) is 10.4. The number of nitrogens with one attached hydrogen (secondary N) is 2. The molecule has 0 saturated carbocycles. The SMILES string of the molecule is O=C(N/C(=C\c1ccc(-c2ccccc2Cl)o1)C(=O)N1CCNCC1)c1ccccc1. The zero-order valence-corrected chi connectivity index (χ0v) is 17.6. The smallest absolute Gasteiger partial charge is 0.270 e. The summed E-state index contributed by atoms with van der Waals surface area (Å²) in [5.41, 5.74) is 1.39. The van der Waals surface area contributed by atoms with Crippen LogP contribution in [0.15, 0.2) is 76.8 Å². The number of hydrogen-bond acceptors (Lipinski definition) is 4. The van der Waals surface area contributed by atoms with E-state index in [0.29, 0.717) is 48.3 Å². The summed E-state index contributed by atoms with van der Waals surface area (Å²) in [4.78, 5) is 27.6. The largest absolute Gasteiger partial charge is 0.457 e. The average Bonchev–Trinajstić information content (AvgIpc) is 3.28. The van der Waals surface area contributed by atoms with Crippen LogP contribution in [0.5, 0.6) is 0 Å². The molecule has 1 saturated heterocycles. The molecular formula is C24H22ClN3O3. The summed E-state index contributed by atoms with van der Waals surface area (Å²) in [6, 6.07) is 19.7. The highest BCUT2D eigenvalue weighted by molar-refractivity contribution is 6.33. The fraction of sp³-hybridized carbons (Fsp3) is 0.167. The van der Waals surface area contributed by atoms with Crippen molar-refractivity contribution in [3.8, 4) is 11.3 Å². The van der Waals surface area contributed by atoms with E-state index in [1.165, 1.54) is 0 Å². The second kappa shape index (κ2) is 9.64. The number of amides is 2. The molecule has 2 aromatic carbocycles. The molecule has 0 bridgehead atoms. The Morgan fingerprint density at radius 3 is 2.42 bits per heavy atom. The monoisotopic (exact) mass is 435 g/mol. The second-order valence-electron chi connectivity index (χ2n) is 7.10. The predicted molar refractivity (Wildman–Crippen MR) is 120 cm³/mol. The standard InChI is InChI=1S/C24H22ClN3O3/c25-20-9-5-4-8-19(20)22-11-10-18(31-22)16-21(24(30)28-14-12-26-13-15-28)27-23(29)17-6-2-1-3-7-17/h1-11,16,26H,12-15H2,(H,27,29)/b21-16-. The van der Waals surface area contributed by atoms with E-state index in [0.717, 1.165) is 5.56 Å². The molecule has 0 spiro atoms. The van der Waals surface area contributed by atoms with Crippen molar-refractivity contribution < 1.29 is 14.0 Å². The van der Waals surface area contributed by atoms with E-state index in [-0.39, 0.29) is 17.5 Å². The highest BCUT2D eigenvalue weighted by atomic mass is 35.5. The molecule has 1 aromatic heterocycles. The van der Waals surface area contributed by atoms with Gasteiger partial charge in [-0.05, 0) is 36.4 Å². The molecule has 2 N–H and O–H groups in total. The molecule has 31 heavy (non-hydrogen) atoms. The summed E-state index contributed by atoms with van der Waals surface area (Å²) in [7, 11) is 0. The molecule has 7 heteroatoms. The van der Waals surface area contributed by atoms with Crippen LogP contribution in [0.3, 0.4) is 0 Å². The molecule has 4 rings (SSSR count). The van der Waals surface area contributed by atoms with Gasteiger partial charge in [0.15, 0.2) is 0 Å². The number of carbonyl (C=O) groups is 2. The van der Waals surface area contributed by atoms with Crippen molar-refractivity contribution in [1.29, 1.82) is 0 Å². The topological polar surface area (TPSA) is 74.6 Å². The molecule has 0 unspecified atom stereocenters. The number of halogens is 1. The maximum absolute atomic E-state index is 13.2. The molecule has 6 nitrogen and oxygen atoms in total. The summed E-state index contributed by atoms with van der Waals surface area (Å²) in [5, 5.41) is 6.55. The zero-order chi connectivity index (χ0) is 21.6. The minimum Gasteiger partial charge on any atom is -0.457 e. The predicted octanol–water partition coefficient (Wildman–Crippen LogP) is 3.80. The van der Waals surface area contributed by atoms with Crippen LogP contribution in [0.4, 0.5) is 0 Å². The van der Waals surface area contributed by atoms with E-state index < -0.39 is 0 Å². The Labute approximate surface area is 185 Å². The Kier molecular flexibility index (Phi) is 6.50. The summed E-state index contributed by atoms with van der Waals surface area (Å²) in [6.45, 7) is 2.56. The molecule has 0 aliphatic carbocycles. The first kappa shape index (κ1) is 20.9. The Hall–Kier alpha value is -3.35. The van der Waals surface area contributed by atoms with Crippen molar-refractivity contribution in [3.63, 3.8) is 0 Å². The van der Waals surface area contributed by atoms with E-state index in [1.54, 1.807) is 53.4 Å².